The minimum absolute atomic E-state index is 0.841. The molecule has 0 spiro atoms. The van der Waals surface area contributed by atoms with Crippen molar-refractivity contribution in [3.05, 3.63) is 254 Å². The van der Waals surface area contributed by atoms with Crippen molar-refractivity contribution in [3.63, 3.8) is 0 Å². The first-order chi connectivity index (χ1) is 37.0. The summed E-state index contributed by atoms with van der Waals surface area (Å²) in [5, 5.41) is 11.0. The van der Waals surface area contributed by atoms with E-state index in [2.05, 4.69) is 266 Å². The van der Waals surface area contributed by atoms with Gasteiger partial charge in [0.15, 0.2) is 11.2 Å². The van der Waals surface area contributed by atoms with Gasteiger partial charge in [0.25, 0.3) is 0 Å². The van der Waals surface area contributed by atoms with Crippen LogP contribution in [0, 0.1) is 13.8 Å². The molecule has 0 bridgehead atoms. The highest BCUT2D eigenvalue weighted by Crippen LogP contribution is 2.49. The maximum Gasteiger partial charge on any atom is 0.159 e. The largest absolute Gasteiger partial charge is 0.456 e. The van der Waals surface area contributed by atoms with Crippen LogP contribution in [0.15, 0.2) is 256 Å². The van der Waals surface area contributed by atoms with Gasteiger partial charge in [0, 0.05) is 66.2 Å². The monoisotopic (exact) mass is 962 g/mol. The Bertz CT molecular complexity index is 4450. The van der Waals surface area contributed by atoms with Crippen LogP contribution < -0.4 is 9.80 Å². The van der Waals surface area contributed by atoms with Gasteiger partial charge in [-0.3, -0.25) is 0 Å². The van der Waals surface area contributed by atoms with Crippen LogP contribution in [0.1, 0.15) is 11.1 Å². The third-order valence-corrected chi connectivity index (χ3v) is 15.3. The second-order valence-corrected chi connectivity index (χ2v) is 19.6. The number of rotatable bonds is 8. The van der Waals surface area contributed by atoms with E-state index < -0.39 is 0 Å². The zero-order valence-electron chi connectivity index (χ0n) is 41.2. The van der Waals surface area contributed by atoms with Gasteiger partial charge in [-0.1, -0.05) is 182 Å². The summed E-state index contributed by atoms with van der Waals surface area (Å²) in [6.07, 6.45) is 0. The van der Waals surface area contributed by atoms with E-state index in [1.807, 2.05) is 0 Å². The van der Waals surface area contributed by atoms with Crippen molar-refractivity contribution in [1.29, 1.82) is 0 Å². The molecule has 0 fully saturated rings. The Morgan fingerprint density at radius 1 is 0.280 bits per heavy atom. The van der Waals surface area contributed by atoms with Crippen molar-refractivity contribution in [1.82, 2.24) is 0 Å². The van der Waals surface area contributed by atoms with Gasteiger partial charge in [0.2, 0.25) is 0 Å². The third kappa shape index (κ3) is 6.71. The van der Waals surface area contributed by atoms with Crippen LogP contribution in [0.3, 0.4) is 0 Å². The first-order valence-corrected chi connectivity index (χ1v) is 25.6. The van der Waals surface area contributed by atoms with Crippen molar-refractivity contribution in [2.75, 3.05) is 9.80 Å². The van der Waals surface area contributed by atoms with Gasteiger partial charge in [0.1, 0.15) is 22.3 Å². The molecule has 0 saturated heterocycles. The molecular weight excluding hydrogens is 917 g/mol. The fourth-order valence-corrected chi connectivity index (χ4v) is 11.8. The second-order valence-electron chi connectivity index (χ2n) is 19.6. The molecule has 0 radical (unpaired) electrons. The number of hydrogen-bond donors (Lipinski definition) is 0. The molecule has 354 valence electrons. The molecule has 3 aromatic heterocycles. The summed E-state index contributed by atoms with van der Waals surface area (Å²) < 4.78 is 20.8. The van der Waals surface area contributed by atoms with E-state index in [0.717, 1.165) is 155 Å². The number of fused-ring (bicyclic) bond motifs is 13. The topological polar surface area (TPSA) is 45.9 Å². The van der Waals surface area contributed by atoms with Crippen LogP contribution in [0.2, 0.25) is 0 Å². The van der Waals surface area contributed by atoms with Crippen LogP contribution in [0.4, 0.5) is 34.1 Å². The standard InChI is InChI=1S/C70H46N2O3/c1-43-17-9-11-29-59(43)71(61-31-15-27-57-55-25-13-23-53(67(55)74-69(57)61)45-19-5-3-6-20-45)49-35-37-51-47(41-49)33-39-63-65(51)66-52-38-36-50(42-48(52)34-40-64(66)73-63)72(60-30-12-10-18-44(60)2)62-32-16-28-58-56-26-14-24-54(68(56)75-70(58)62)46-21-7-4-8-22-46/h3-42H,1-2H3. The number of hydrogen-bond acceptors (Lipinski definition) is 5. The smallest absolute Gasteiger partial charge is 0.159 e. The quantitative estimate of drug-likeness (QED) is 0.152. The Morgan fingerprint density at radius 3 is 1.11 bits per heavy atom. The summed E-state index contributed by atoms with van der Waals surface area (Å²) in [6.45, 7) is 4.35. The molecule has 0 saturated carbocycles. The average molecular weight is 963 g/mol. The van der Waals surface area contributed by atoms with Crippen molar-refractivity contribution in [2.24, 2.45) is 0 Å². The fraction of sp³-hybridized carbons (Fsp3) is 0.0286. The Kier molecular flexibility index (Phi) is 9.63. The van der Waals surface area contributed by atoms with Gasteiger partial charge in [0.05, 0.1) is 11.4 Å². The van der Waals surface area contributed by atoms with E-state index in [0.29, 0.717) is 0 Å². The second kappa shape index (κ2) is 16.9. The molecular formula is C70H46N2O3. The molecule has 5 heteroatoms. The fourth-order valence-electron chi connectivity index (χ4n) is 11.8. The summed E-state index contributed by atoms with van der Waals surface area (Å²) in [4.78, 5) is 4.70. The number of furan rings is 3. The van der Waals surface area contributed by atoms with E-state index in [9.17, 15) is 0 Å². The predicted octanol–water partition coefficient (Wildman–Crippen LogP) is 20.6. The Morgan fingerprint density at radius 2 is 0.667 bits per heavy atom. The highest BCUT2D eigenvalue weighted by molar-refractivity contribution is 6.27. The molecule has 12 aromatic carbocycles. The lowest BCUT2D eigenvalue weighted by Crippen LogP contribution is -2.11. The van der Waals surface area contributed by atoms with E-state index in [-0.39, 0.29) is 0 Å². The van der Waals surface area contributed by atoms with Gasteiger partial charge in [-0.05, 0) is 118 Å². The van der Waals surface area contributed by atoms with Gasteiger partial charge >= 0.3 is 0 Å². The number of aryl methyl sites for hydroxylation is 2. The summed E-state index contributed by atoms with van der Waals surface area (Å²) >= 11 is 0. The highest BCUT2D eigenvalue weighted by atomic mass is 16.3. The van der Waals surface area contributed by atoms with Crippen molar-refractivity contribution >= 4 is 121 Å². The third-order valence-electron chi connectivity index (χ3n) is 15.3. The predicted molar refractivity (Wildman–Crippen MR) is 313 cm³/mol. The maximum atomic E-state index is 7.02. The van der Waals surface area contributed by atoms with Gasteiger partial charge in [-0.15, -0.1) is 0 Å². The molecule has 15 aromatic rings. The Labute approximate surface area is 432 Å². The van der Waals surface area contributed by atoms with E-state index in [1.54, 1.807) is 0 Å². The lowest BCUT2D eigenvalue weighted by molar-refractivity contribution is 0.669. The maximum absolute atomic E-state index is 7.02. The number of nitrogens with zero attached hydrogens (tertiary/aromatic N) is 2. The van der Waals surface area contributed by atoms with Crippen LogP contribution in [-0.4, -0.2) is 0 Å². The summed E-state index contributed by atoms with van der Waals surface area (Å²) in [6, 6.07) is 86.3. The normalized spacial score (nSPS) is 11.9. The molecule has 75 heavy (non-hydrogen) atoms. The highest BCUT2D eigenvalue weighted by Gasteiger charge is 2.25. The summed E-state index contributed by atoms with van der Waals surface area (Å²) in [5.74, 6) is 0. The van der Waals surface area contributed by atoms with Crippen molar-refractivity contribution < 1.29 is 13.3 Å². The molecule has 0 aliphatic carbocycles. The van der Waals surface area contributed by atoms with Gasteiger partial charge in [-0.2, -0.15) is 0 Å². The molecule has 0 aliphatic heterocycles. The van der Waals surface area contributed by atoms with E-state index in [4.69, 9.17) is 13.3 Å². The van der Waals surface area contributed by atoms with E-state index in [1.165, 1.54) is 0 Å². The van der Waals surface area contributed by atoms with Gasteiger partial charge in [-0.25, -0.2) is 0 Å². The number of para-hydroxylation sites is 6. The zero-order chi connectivity index (χ0) is 49.7. The van der Waals surface area contributed by atoms with Gasteiger partial charge < -0.3 is 23.1 Å². The molecule has 0 atom stereocenters. The van der Waals surface area contributed by atoms with Crippen LogP contribution >= 0.6 is 0 Å². The SMILES string of the molecule is Cc1ccccc1N(c1ccc2c(ccc3oc4ccc5cc(N(c6ccccc6C)c6cccc7c6oc6c(-c8ccccc8)cccc67)ccc5c4c32)c1)c1cccc2c1oc1c(-c3ccccc3)cccc12. The zero-order valence-corrected chi connectivity index (χ0v) is 41.2. The molecule has 0 amide bonds. The molecule has 3 heterocycles. The molecule has 0 unspecified atom stereocenters. The van der Waals surface area contributed by atoms with Crippen LogP contribution in [0.25, 0.3) is 110 Å². The average Bonchev–Trinajstić information content (AvgIpc) is 4.18. The van der Waals surface area contributed by atoms with Crippen molar-refractivity contribution in [3.8, 4) is 22.3 Å². The van der Waals surface area contributed by atoms with E-state index >= 15 is 0 Å². The molecule has 5 nitrogen and oxygen atoms in total. The first-order valence-electron chi connectivity index (χ1n) is 25.6. The molecule has 0 aliphatic rings. The minimum Gasteiger partial charge on any atom is -0.456 e. The lowest BCUT2D eigenvalue weighted by atomic mass is 9.98. The Hall–Kier alpha value is -9.84. The minimum atomic E-state index is 0.841. The molecule has 0 N–H and O–H groups in total. The summed E-state index contributed by atoms with van der Waals surface area (Å²) in [5.41, 5.74) is 18.0. The summed E-state index contributed by atoms with van der Waals surface area (Å²) in [7, 11) is 0. The Balaban J connectivity index is 0.890. The molecule has 15 rings (SSSR count). The lowest BCUT2D eigenvalue weighted by Gasteiger charge is -2.27. The number of benzene rings is 12. The first kappa shape index (κ1) is 42.8. The number of anilines is 6. The van der Waals surface area contributed by atoms with Crippen LogP contribution in [0.5, 0.6) is 0 Å². The van der Waals surface area contributed by atoms with Crippen molar-refractivity contribution in [2.45, 2.75) is 13.8 Å². The van der Waals surface area contributed by atoms with Crippen LogP contribution in [-0.2, 0) is 0 Å².